The molecule has 0 amide bonds. The SMILES string of the molecule is CCc1ccc(/C(=C/c2cccc(OCC(C)C)c2)C(=O)O)cc1. The highest BCUT2D eigenvalue weighted by molar-refractivity contribution is 6.20. The number of benzene rings is 2. The Balaban J connectivity index is 2.30. The van der Waals surface area contributed by atoms with Crippen molar-refractivity contribution >= 4 is 17.6 Å². The molecule has 0 radical (unpaired) electrons. The maximum absolute atomic E-state index is 11.7. The Labute approximate surface area is 143 Å². The van der Waals surface area contributed by atoms with Crippen LogP contribution in [0.5, 0.6) is 5.75 Å². The molecule has 0 spiro atoms. The van der Waals surface area contributed by atoms with E-state index in [1.807, 2.05) is 48.5 Å². The van der Waals surface area contributed by atoms with Crippen molar-refractivity contribution in [3.05, 3.63) is 65.2 Å². The van der Waals surface area contributed by atoms with Gasteiger partial charge in [0.1, 0.15) is 5.75 Å². The van der Waals surface area contributed by atoms with Crippen LogP contribution < -0.4 is 4.74 Å². The van der Waals surface area contributed by atoms with Crippen molar-refractivity contribution in [1.29, 1.82) is 0 Å². The monoisotopic (exact) mass is 324 g/mol. The molecular formula is C21H24O3. The summed E-state index contributed by atoms with van der Waals surface area (Å²) in [7, 11) is 0. The molecule has 0 bridgehead atoms. The zero-order valence-electron chi connectivity index (χ0n) is 14.5. The maximum Gasteiger partial charge on any atom is 0.336 e. The number of ether oxygens (including phenoxy) is 1. The molecule has 0 aromatic heterocycles. The number of hydrogen-bond acceptors (Lipinski definition) is 2. The van der Waals surface area contributed by atoms with Crippen molar-refractivity contribution in [2.24, 2.45) is 5.92 Å². The minimum absolute atomic E-state index is 0.277. The fourth-order valence-electron chi connectivity index (χ4n) is 2.31. The highest BCUT2D eigenvalue weighted by atomic mass is 16.5. The van der Waals surface area contributed by atoms with Crippen LogP contribution in [-0.2, 0) is 11.2 Å². The molecule has 0 saturated carbocycles. The minimum Gasteiger partial charge on any atom is -0.493 e. The Morgan fingerprint density at radius 3 is 2.46 bits per heavy atom. The summed E-state index contributed by atoms with van der Waals surface area (Å²) in [5, 5.41) is 9.56. The second-order valence-corrected chi connectivity index (χ2v) is 6.19. The number of carbonyl (C=O) groups is 1. The van der Waals surface area contributed by atoms with Crippen molar-refractivity contribution in [1.82, 2.24) is 0 Å². The van der Waals surface area contributed by atoms with Crippen LogP contribution in [0, 0.1) is 5.92 Å². The van der Waals surface area contributed by atoms with Crippen LogP contribution in [0.25, 0.3) is 11.6 Å². The molecular weight excluding hydrogens is 300 g/mol. The molecule has 0 fully saturated rings. The van der Waals surface area contributed by atoms with Crippen molar-refractivity contribution in [3.63, 3.8) is 0 Å². The molecule has 2 rings (SSSR count). The Kier molecular flexibility index (Phi) is 6.19. The van der Waals surface area contributed by atoms with Gasteiger partial charge in [-0.05, 0) is 47.2 Å². The predicted molar refractivity (Wildman–Crippen MR) is 98.1 cm³/mol. The van der Waals surface area contributed by atoms with E-state index >= 15 is 0 Å². The van der Waals surface area contributed by atoms with Gasteiger partial charge in [0.2, 0.25) is 0 Å². The molecule has 24 heavy (non-hydrogen) atoms. The number of carboxylic acids is 1. The average molecular weight is 324 g/mol. The van der Waals surface area contributed by atoms with Crippen LogP contribution in [0.3, 0.4) is 0 Å². The maximum atomic E-state index is 11.7. The zero-order chi connectivity index (χ0) is 17.5. The van der Waals surface area contributed by atoms with Gasteiger partial charge < -0.3 is 9.84 Å². The highest BCUT2D eigenvalue weighted by Gasteiger charge is 2.10. The molecule has 126 valence electrons. The van der Waals surface area contributed by atoms with Gasteiger partial charge in [-0.15, -0.1) is 0 Å². The van der Waals surface area contributed by atoms with Gasteiger partial charge in [0.05, 0.1) is 12.2 Å². The van der Waals surface area contributed by atoms with E-state index in [0.717, 1.165) is 17.7 Å². The summed E-state index contributed by atoms with van der Waals surface area (Å²) in [4.78, 5) is 11.7. The van der Waals surface area contributed by atoms with Crippen LogP contribution in [0.2, 0.25) is 0 Å². The van der Waals surface area contributed by atoms with Crippen molar-refractivity contribution < 1.29 is 14.6 Å². The molecule has 2 aromatic carbocycles. The van der Waals surface area contributed by atoms with Gasteiger partial charge in [-0.2, -0.15) is 0 Å². The normalized spacial score (nSPS) is 11.6. The lowest BCUT2D eigenvalue weighted by molar-refractivity contribution is -0.130. The number of aryl methyl sites for hydroxylation is 1. The van der Waals surface area contributed by atoms with Gasteiger partial charge in [-0.3, -0.25) is 0 Å². The third kappa shape index (κ3) is 4.98. The topological polar surface area (TPSA) is 46.5 Å². The first-order valence-corrected chi connectivity index (χ1v) is 8.26. The van der Waals surface area contributed by atoms with E-state index in [1.165, 1.54) is 5.56 Å². The summed E-state index contributed by atoms with van der Waals surface area (Å²) in [6.45, 7) is 6.89. The van der Waals surface area contributed by atoms with Crippen molar-refractivity contribution in [2.75, 3.05) is 6.61 Å². The summed E-state index contributed by atoms with van der Waals surface area (Å²) in [5.74, 6) is 0.257. The molecule has 1 N–H and O–H groups in total. The molecule has 0 heterocycles. The molecule has 0 aliphatic heterocycles. The molecule has 0 aliphatic rings. The second-order valence-electron chi connectivity index (χ2n) is 6.19. The lowest BCUT2D eigenvalue weighted by Gasteiger charge is -2.09. The Morgan fingerprint density at radius 1 is 1.17 bits per heavy atom. The summed E-state index contributed by atoms with van der Waals surface area (Å²) in [6, 6.07) is 15.2. The first kappa shape index (κ1) is 17.8. The molecule has 0 unspecified atom stereocenters. The van der Waals surface area contributed by atoms with Crippen LogP contribution in [-0.4, -0.2) is 17.7 Å². The van der Waals surface area contributed by atoms with Gasteiger partial charge in [0, 0.05) is 0 Å². The van der Waals surface area contributed by atoms with E-state index in [-0.39, 0.29) is 5.57 Å². The standard InChI is InChI=1S/C21H24O3/c1-4-16-8-10-18(11-9-16)20(21(22)23)13-17-6-5-7-19(12-17)24-14-15(2)3/h5-13,15H,4,14H2,1-3H3,(H,22,23)/b20-13-. The fourth-order valence-corrected chi connectivity index (χ4v) is 2.31. The minimum atomic E-state index is -0.937. The quantitative estimate of drug-likeness (QED) is 0.581. The van der Waals surface area contributed by atoms with Crippen molar-refractivity contribution in [2.45, 2.75) is 27.2 Å². The first-order valence-electron chi connectivity index (χ1n) is 8.26. The molecule has 3 nitrogen and oxygen atoms in total. The Hall–Kier alpha value is -2.55. The predicted octanol–water partition coefficient (Wildman–Crippen LogP) is 4.91. The zero-order valence-corrected chi connectivity index (χ0v) is 14.5. The van der Waals surface area contributed by atoms with Gasteiger partial charge in [-0.1, -0.05) is 57.2 Å². The van der Waals surface area contributed by atoms with E-state index in [1.54, 1.807) is 6.08 Å². The lowest BCUT2D eigenvalue weighted by atomic mass is 10.0. The Bertz CT molecular complexity index is 712. The molecule has 0 atom stereocenters. The van der Waals surface area contributed by atoms with Gasteiger partial charge in [-0.25, -0.2) is 4.79 Å². The summed E-state index contributed by atoms with van der Waals surface area (Å²) in [6.07, 6.45) is 2.62. The Morgan fingerprint density at radius 2 is 1.88 bits per heavy atom. The molecule has 0 aliphatic carbocycles. The van der Waals surface area contributed by atoms with Gasteiger partial charge >= 0.3 is 5.97 Å². The second kappa shape index (κ2) is 8.34. The van der Waals surface area contributed by atoms with Gasteiger partial charge in [0.25, 0.3) is 0 Å². The fraction of sp³-hybridized carbons (Fsp3) is 0.286. The van der Waals surface area contributed by atoms with E-state index in [2.05, 4.69) is 20.8 Å². The molecule has 2 aromatic rings. The first-order chi connectivity index (χ1) is 11.5. The summed E-state index contributed by atoms with van der Waals surface area (Å²) < 4.78 is 5.71. The smallest absolute Gasteiger partial charge is 0.336 e. The van der Waals surface area contributed by atoms with E-state index < -0.39 is 5.97 Å². The number of hydrogen-bond donors (Lipinski definition) is 1. The third-order valence-electron chi connectivity index (χ3n) is 3.66. The van der Waals surface area contributed by atoms with Crippen LogP contribution in [0.1, 0.15) is 37.5 Å². The summed E-state index contributed by atoms with van der Waals surface area (Å²) in [5.41, 5.74) is 2.98. The number of rotatable bonds is 7. The van der Waals surface area contributed by atoms with Crippen LogP contribution in [0.15, 0.2) is 48.5 Å². The van der Waals surface area contributed by atoms with Crippen LogP contribution in [0.4, 0.5) is 0 Å². The van der Waals surface area contributed by atoms with E-state index in [0.29, 0.717) is 18.1 Å². The highest BCUT2D eigenvalue weighted by Crippen LogP contribution is 2.22. The largest absolute Gasteiger partial charge is 0.493 e. The van der Waals surface area contributed by atoms with Gasteiger partial charge in [0.15, 0.2) is 0 Å². The average Bonchev–Trinajstić information content (AvgIpc) is 2.58. The van der Waals surface area contributed by atoms with Crippen LogP contribution >= 0.6 is 0 Å². The van der Waals surface area contributed by atoms with E-state index in [9.17, 15) is 9.90 Å². The molecule has 0 saturated heterocycles. The van der Waals surface area contributed by atoms with E-state index in [4.69, 9.17) is 4.74 Å². The van der Waals surface area contributed by atoms with Crippen molar-refractivity contribution in [3.8, 4) is 5.75 Å². The third-order valence-corrected chi connectivity index (χ3v) is 3.66. The molecule has 3 heteroatoms. The number of carboxylic acid groups (broad SMARTS) is 1. The number of aliphatic carboxylic acids is 1. The lowest BCUT2D eigenvalue weighted by Crippen LogP contribution is -2.04. The summed E-state index contributed by atoms with van der Waals surface area (Å²) >= 11 is 0.